The van der Waals surface area contributed by atoms with E-state index in [1.165, 1.54) is 21.1 Å². The molecule has 0 spiro atoms. The highest BCUT2D eigenvalue weighted by Gasteiger charge is 2.09. The molecule has 0 aliphatic heterocycles. The van der Waals surface area contributed by atoms with Gasteiger partial charge in [-0.3, -0.25) is 0 Å². The summed E-state index contributed by atoms with van der Waals surface area (Å²) in [6.45, 7) is 4.35. The topological polar surface area (TPSA) is 12.9 Å². The zero-order valence-electron chi connectivity index (χ0n) is 9.16. The van der Waals surface area contributed by atoms with Gasteiger partial charge < -0.3 is 0 Å². The molecule has 0 bridgehead atoms. The van der Waals surface area contributed by atoms with Crippen molar-refractivity contribution < 1.29 is 0 Å². The first-order chi connectivity index (χ1) is 7.35. The van der Waals surface area contributed by atoms with Crippen molar-refractivity contribution in [2.45, 2.75) is 26.7 Å². The average Bonchev–Trinajstić information content (AvgIpc) is 2.73. The smallest absolute Gasteiger partial charge is 0.0932 e. The van der Waals surface area contributed by atoms with E-state index in [9.17, 15) is 0 Å². The van der Waals surface area contributed by atoms with Gasteiger partial charge >= 0.3 is 0 Å². The van der Waals surface area contributed by atoms with Gasteiger partial charge in [-0.2, -0.15) is 0 Å². The van der Waals surface area contributed by atoms with Gasteiger partial charge in [0.2, 0.25) is 0 Å². The molecule has 0 saturated carbocycles. The van der Waals surface area contributed by atoms with Gasteiger partial charge in [-0.15, -0.1) is 11.3 Å². The summed E-state index contributed by atoms with van der Waals surface area (Å²) in [7, 11) is 0. The third kappa shape index (κ3) is 2.10. The van der Waals surface area contributed by atoms with Gasteiger partial charge in [0.15, 0.2) is 0 Å². The van der Waals surface area contributed by atoms with Crippen LogP contribution in [0.1, 0.15) is 23.7 Å². The largest absolute Gasteiger partial charge is 0.241 e. The SMILES string of the molecule is CCc1nc(-c2ccccc2)c(CC)s1. The fourth-order valence-electron chi connectivity index (χ4n) is 1.61. The Labute approximate surface area is 94.8 Å². The molecule has 1 heterocycles. The zero-order valence-corrected chi connectivity index (χ0v) is 9.97. The molecule has 0 aliphatic rings. The molecule has 0 amide bonds. The molecule has 2 heteroatoms. The molecule has 0 aliphatic carbocycles. The fraction of sp³-hybridized carbons (Fsp3) is 0.308. The van der Waals surface area contributed by atoms with Crippen LogP contribution in [0.3, 0.4) is 0 Å². The fourth-order valence-corrected chi connectivity index (χ4v) is 2.58. The Bertz CT molecular complexity index is 431. The van der Waals surface area contributed by atoms with E-state index in [1.807, 2.05) is 17.4 Å². The average molecular weight is 217 g/mol. The van der Waals surface area contributed by atoms with Gasteiger partial charge in [0.1, 0.15) is 0 Å². The van der Waals surface area contributed by atoms with E-state index in [4.69, 9.17) is 0 Å². The molecule has 0 saturated heterocycles. The number of nitrogens with zero attached hydrogens (tertiary/aromatic N) is 1. The summed E-state index contributed by atoms with van der Waals surface area (Å²) in [4.78, 5) is 6.09. The zero-order chi connectivity index (χ0) is 10.7. The predicted molar refractivity (Wildman–Crippen MR) is 66.3 cm³/mol. The summed E-state index contributed by atoms with van der Waals surface area (Å²) < 4.78 is 0. The number of hydrogen-bond donors (Lipinski definition) is 0. The first-order valence-corrected chi connectivity index (χ1v) is 6.20. The molecule has 0 unspecified atom stereocenters. The van der Waals surface area contributed by atoms with E-state index in [-0.39, 0.29) is 0 Å². The highest BCUT2D eigenvalue weighted by molar-refractivity contribution is 7.12. The van der Waals surface area contributed by atoms with Crippen LogP contribution < -0.4 is 0 Å². The minimum Gasteiger partial charge on any atom is -0.241 e. The summed E-state index contributed by atoms with van der Waals surface area (Å²) in [5.41, 5.74) is 2.42. The van der Waals surface area contributed by atoms with Crippen LogP contribution in [0.25, 0.3) is 11.3 Å². The van der Waals surface area contributed by atoms with Crippen molar-refractivity contribution in [3.8, 4) is 11.3 Å². The Balaban J connectivity index is 2.47. The van der Waals surface area contributed by atoms with Gasteiger partial charge in [-0.05, 0) is 12.8 Å². The van der Waals surface area contributed by atoms with Gasteiger partial charge in [-0.1, -0.05) is 44.2 Å². The molecule has 78 valence electrons. The standard InChI is InChI=1S/C13H15NS/c1-3-11-13(14-12(4-2)15-11)10-8-6-5-7-9-10/h5-9H,3-4H2,1-2H3. The van der Waals surface area contributed by atoms with Crippen LogP contribution in [0.2, 0.25) is 0 Å². The van der Waals surface area contributed by atoms with Gasteiger partial charge in [0, 0.05) is 10.4 Å². The molecule has 1 aromatic carbocycles. The molecule has 1 aromatic heterocycles. The Morgan fingerprint density at radius 2 is 1.80 bits per heavy atom. The summed E-state index contributed by atoms with van der Waals surface area (Å²) in [5, 5.41) is 1.24. The summed E-state index contributed by atoms with van der Waals surface area (Å²) in [5.74, 6) is 0. The minimum absolute atomic E-state index is 1.03. The predicted octanol–water partition coefficient (Wildman–Crippen LogP) is 3.93. The number of benzene rings is 1. The minimum atomic E-state index is 1.03. The molecule has 1 nitrogen and oxygen atoms in total. The van der Waals surface area contributed by atoms with Crippen molar-refractivity contribution in [2.24, 2.45) is 0 Å². The number of thiazole rings is 1. The molecule has 0 atom stereocenters. The lowest BCUT2D eigenvalue weighted by Gasteiger charge is -1.98. The monoisotopic (exact) mass is 217 g/mol. The quantitative estimate of drug-likeness (QED) is 0.759. The molecule has 0 N–H and O–H groups in total. The maximum Gasteiger partial charge on any atom is 0.0932 e. The number of hydrogen-bond acceptors (Lipinski definition) is 2. The normalized spacial score (nSPS) is 10.5. The molecule has 0 fully saturated rings. The molecule has 2 aromatic rings. The van der Waals surface area contributed by atoms with Crippen LogP contribution in [0, 0.1) is 0 Å². The third-order valence-corrected chi connectivity index (χ3v) is 3.76. The summed E-state index contributed by atoms with van der Waals surface area (Å²) in [6.07, 6.45) is 2.10. The third-order valence-electron chi connectivity index (χ3n) is 2.41. The van der Waals surface area contributed by atoms with Crippen molar-refractivity contribution in [1.29, 1.82) is 0 Å². The van der Waals surface area contributed by atoms with Crippen LogP contribution in [-0.4, -0.2) is 4.98 Å². The van der Waals surface area contributed by atoms with E-state index in [2.05, 4.69) is 43.1 Å². The lowest BCUT2D eigenvalue weighted by Crippen LogP contribution is -1.83. The van der Waals surface area contributed by atoms with Crippen molar-refractivity contribution in [2.75, 3.05) is 0 Å². The number of rotatable bonds is 3. The highest BCUT2D eigenvalue weighted by Crippen LogP contribution is 2.28. The van der Waals surface area contributed by atoms with Gasteiger partial charge in [0.25, 0.3) is 0 Å². The van der Waals surface area contributed by atoms with Crippen LogP contribution in [-0.2, 0) is 12.8 Å². The van der Waals surface area contributed by atoms with Crippen molar-refractivity contribution >= 4 is 11.3 Å². The Hall–Kier alpha value is -1.15. The first kappa shape index (κ1) is 10.4. The van der Waals surface area contributed by atoms with E-state index in [1.54, 1.807) is 0 Å². The Kier molecular flexibility index (Phi) is 3.17. The van der Waals surface area contributed by atoms with Crippen molar-refractivity contribution in [1.82, 2.24) is 4.98 Å². The molecule has 2 rings (SSSR count). The second kappa shape index (κ2) is 4.58. The van der Waals surface area contributed by atoms with Crippen LogP contribution in [0.5, 0.6) is 0 Å². The Morgan fingerprint density at radius 1 is 1.07 bits per heavy atom. The maximum absolute atomic E-state index is 4.69. The molecule has 15 heavy (non-hydrogen) atoms. The van der Waals surface area contributed by atoms with Crippen LogP contribution >= 0.6 is 11.3 Å². The number of aryl methyl sites for hydroxylation is 2. The Morgan fingerprint density at radius 3 is 2.40 bits per heavy atom. The lowest BCUT2D eigenvalue weighted by molar-refractivity contribution is 1.09. The van der Waals surface area contributed by atoms with Crippen molar-refractivity contribution in [3.05, 3.63) is 40.2 Å². The van der Waals surface area contributed by atoms with E-state index in [0.717, 1.165) is 12.8 Å². The first-order valence-electron chi connectivity index (χ1n) is 5.39. The second-order valence-electron chi connectivity index (χ2n) is 3.45. The van der Waals surface area contributed by atoms with Gasteiger partial charge in [-0.25, -0.2) is 4.98 Å². The van der Waals surface area contributed by atoms with Crippen LogP contribution in [0.4, 0.5) is 0 Å². The molecular formula is C13H15NS. The highest BCUT2D eigenvalue weighted by atomic mass is 32.1. The van der Waals surface area contributed by atoms with Gasteiger partial charge in [0.05, 0.1) is 10.7 Å². The molecule has 0 radical (unpaired) electrons. The van der Waals surface area contributed by atoms with E-state index >= 15 is 0 Å². The van der Waals surface area contributed by atoms with Crippen LogP contribution in [0.15, 0.2) is 30.3 Å². The van der Waals surface area contributed by atoms with E-state index < -0.39 is 0 Å². The second-order valence-corrected chi connectivity index (χ2v) is 4.62. The maximum atomic E-state index is 4.69. The lowest BCUT2D eigenvalue weighted by atomic mass is 10.1. The van der Waals surface area contributed by atoms with Crippen molar-refractivity contribution in [3.63, 3.8) is 0 Å². The summed E-state index contributed by atoms with van der Waals surface area (Å²) in [6, 6.07) is 10.4. The summed E-state index contributed by atoms with van der Waals surface area (Å²) >= 11 is 1.84. The molecular weight excluding hydrogens is 202 g/mol. The van der Waals surface area contributed by atoms with E-state index in [0.29, 0.717) is 0 Å². The number of aromatic nitrogens is 1.